The van der Waals surface area contributed by atoms with E-state index in [0.717, 1.165) is 29.6 Å². The highest BCUT2D eigenvalue weighted by Crippen LogP contribution is 2.50. The van der Waals surface area contributed by atoms with Gasteiger partial charge in [-0.05, 0) is 31.6 Å². The van der Waals surface area contributed by atoms with E-state index in [2.05, 4.69) is 26.8 Å². The number of hydrogen-bond donors (Lipinski definition) is 0. The van der Waals surface area contributed by atoms with Crippen LogP contribution < -0.4 is 4.90 Å². The van der Waals surface area contributed by atoms with Gasteiger partial charge in [-0.1, -0.05) is 13.3 Å². The minimum absolute atomic E-state index is 0.429. The first-order valence-corrected chi connectivity index (χ1v) is 8.60. The second-order valence-corrected chi connectivity index (χ2v) is 6.78. The molecule has 6 nitrogen and oxygen atoms in total. The van der Waals surface area contributed by atoms with E-state index in [1.807, 2.05) is 13.0 Å². The summed E-state index contributed by atoms with van der Waals surface area (Å²) in [5.41, 5.74) is 2.26. The average Bonchev–Trinajstić information content (AvgIpc) is 3.09. The predicted octanol–water partition coefficient (Wildman–Crippen LogP) is 3.51. The third kappa shape index (κ3) is 4.12. The summed E-state index contributed by atoms with van der Waals surface area (Å²) in [6.07, 6.45) is 8.26. The Balaban J connectivity index is 1.86. The highest BCUT2D eigenvalue weighted by molar-refractivity contribution is 5.41. The molecule has 0 atom stereocenters. The molecule has 0 saturated heterocycles. The van der Waals surface area contributed by atoms with Crippen LogP contribution in [0.2, 0.25) is 0 Å². The summed E-state index contributed by atoms with van der Waals surface area (Å²) in [4.78, 5) is 15.7. The summed E-state index contributed by atoms with van der Waals surface area (Å²) < 4.78 is 10.4. The van der Waals surface area contributed by atoms with Crippen molar-refractivity contribution in [2.75, 3.05) is 18.6 Å². The fraction of sp³-hybridized carbons (Fsp3) is 0.611. The number of oxazole rings is 1. The number of rotatable bonds is 9. The summed E-state index contributed by atoms with van der Waals surface area (Å²) in [7, 11) is 1.69. The molecule has 1 saturated carbocycles. The summed E-state index contributed by atoms with van der Waals surface area (Å²) in [6, 6.07) is 2.03. The normalized spacial score (nSPS) is 15.5. The molecule has 0 unspecified atom stereocenters. The number of hydrogen-bond acceptors (Lipinski definition) is 6. The molecule has 3 rings (SSSR count). The topological polar surface area (TPSA) is 64.3 Å². The van der Waals surface area contributed by atoms with Gasteiger partial charge in [-0.15, -0.1) is 0 Å². The van der Waals surface area contributed by atoms with Gasteiger partial charge in [-0.25, -0.2) is 15.0 Å². The smallest absolute Gasteiger partial charge is 0.180 e. The molecular formula is C18H26N4O2. The quantitative estimate of drug-likeness (QED) is 0.701. The monoisotopic (exact) mass is 330 g/mol. The van der Waals surface area contributed by atoms with Crippen LogP contribution in [-0.4, -0.2) is 28.6 Å². The van der Waals surface area contributed by atoms with Crippen molar-refractivity contribution in [2.45, 2.75) is 52.7 Å². The van der Waals surface area contributed by atoms with Crippen LogP contribution in [0.4, 0.5) is 5.82 Å². The van der Waals surface area contributed by atoms with Gasteiger partial charge in [-0.3, -0.25) is 0 Å². The first-order valence-electron chi connectivity index (χ1n) is 8.60. The van der Waals surface area contributed by atoms with Gasteiger partial charge < -0.3 is 14.1 Å². The minimum Gasteiger partial charge on any atom is -0.451 e. The maximum Gasteiger partial charge on any atom is 0.180 e. The number of anilines is 1. The lowest BCUT2D eigenvalue weighted by Crippen LogP contribution is -2.31. The highest BCUT2D eigenvalue weighted by Gasteiger charge is 2.43. The standard InChI is InChI=1S/C18H26N4O2/c1-4-5-18(6-7-18)12-22(9-16-11-24-13-19-16)17-8-15(10-23-3)20-14(2)21-17/h8,11,13H,4-7,9-10,12H2,1-3H3. The molecule has 0 amide bonds. The van der Waals surface area contributed by atoms with Crippen LogP contribution in [0.15, 0.2) is 23.1 Å². The Morgan fingerprint density at radius 2 is 2.12 bits per heavy atom. The second-order valence-electron chi connectivity index (χ2n) is 6.78. The lowest BCUT2D eigenvalue weighted by atomic mass is 10.00. The molecule has 0 spiro atoms. The summed E-state index contributed by atoms with van der Waals surface area (Å²) >= 11 is 0. The summed E-state index contributed by atoms with van der Waals surface area (Å²) in [6.45, 7) is 6.37. The zero-order chi connectivity index (χ0) is 17.0. The SMILES string of the molecule is CCCC1(CN(Cc2cocn2)c2cc(COC)nc(C)n2)CC1. The van der Waals surface area contributed by atoms with Crippen molar-refractivity contribution in [3.8, 4) is 0 Å². The van der Waals surface area contributed by atoms with Gasteiger partial charge >= 0.3 is 0 Å². The highest BCUT2D eigenvalue weighted by atomic mass is 16.5. The summed E-state index contributed by atoms with van der Waals surface area (Å²) in [5.74, 6) is 1.71. The summed E-state index contributed by atoms with van der Waals surface area (Å²) in [5, 5.41) is 0. The second kappa shape index (κ2) is 7.30. The number of nitrogens with zero attached hydrogens (tertiary/aromatic N) is 4. The zero-order valence-electron chi connectivity index (χ0n) is 14.8. The predicted molar refractivity (Wildman–Crippen MR) is 91.6 cm³/mol. The van der Waals surface area contributed by atoms with E-state index >= 15 is 0 Å². The van der Waals surface area contributed by atoms with E-state index in [9.17, 15) is 0 Å². The van der Waals surface area contributed by atoms with E-state index in [4.69, 9.17) is 9.15 Å². The molecule has 2 aromatic rings. The average molecular weight is 330 g/mol. The molecule has 2 aromatic heterocycles. The fourth-order valence-corrected chi connectivity index (χ4v) is 3.32. The Kier molecular flexibility index (Phi) is 5.14. The Labute approximate surface area is 143 Å². The third-order valence-electron chi connectivity index (χ3n) is 4.59. The number of aryl methyl sites for hydroxylation is 1. The number of methoxy groups -OCH3 is 1. The van der Waals surface area contributed by atoms with Gasteiger partial charge in [0.25, 0.3) is 0 Å². The van der Waals surface area contributed by atoms with Crippen LogP contribution in [0.25, 0.3) is 0 Å². The van der Waals surface area contributed by atoms with Gasteiger partial charge in [0.05, 0.1) is 24.5 Å². The number of aromatic nitrogens is 3. The molecule has 0 N–H and O–H groups in total. The van der Waals surface area contributed by atoms with Gasteiger partial charge in [0.2, 0.25) is 0 Å². The van der Waals surface area contributed by atoms with Crippen LogP contribution in [-0.2, 0) is 17.9 Å². The van der Waals surface area contributed by atoms with Crippen molar-refractivity contribution in [1.29, 1.82) is 0 Å². The fourth-order valence-electron chi connectivity index (χ4n) is 3.32. The Hall–Kier alpha value is -1.95. The van der Waals surface area contributed by atoms with Crippen LogP contribution in [0.5, 0.6) is 0 Å². The lowest BCUT2D eigenvalue weighted by Gasteiger charge is -2.28. The van der Waals surface area contributed by atoms with Crippen LogP contribution in [0.1, 0.15) is 49.8 Å². The molecule has 0 bridgehead atoms. The molecule has 0 aromatic carbocycles. The molecule has 1 aliphatic carbocycles. The van der Waals surface area contributed by atoms with Crippen molar-refractivity contribution in [3.63, 3.8) is 0 Å². The molecule has 1 fully saturated rings. The van der Waals surface area contributed by atoms with Crippen molar-refractivity contribution in [1.82, 2.24) is 15.0 Å². The maximum absolute atomic E-state index is 5.24. The lowest BCUT2D eigenvalue weighted by molar-refractivity contribution is 0.181. The van der Waals surface area contributed by atoms with E-state index in [1.165, 1.54) is 32.1 Å². The van der Waals surface area contributed by atoms with E-state index in [1.54, 1.807) is 13.4 Å². The molecule has 0 aliphatic heterocycles. The molecule has 24 heavy (non-hydrogen) atoms. The van der Waals surface area contributed by atoms with Crippen molar-refractivity contribution in [3.05, 3.63) is 35.9 Å². The van der Waals surface area contributed by atoms with Crippen LogP contribution >= 0.6 is 0 Å². The zero-order valence-corrected chi connectivity index (χ0v) is 14.8. The van der Waals surface area contributed by atoms with E-state index < -0.39 is 0 Å². The molecular weight excluding hydrogens is 304 g/mol. The molecule has 130 valence electrons. The largest absolute Gasteiger partial charge is 0.451 e. The first-order chi connectivity index (χ1) is 11.6. The molecule has 1 aliphatic rings. The maximum atomic E-state index is 5.24. The van der Waals surface area contributed by atoms with Gasteiger partial charge in [0, 0.05) is 19.7 Å². The van der Waals surface area contributed by atoms with Crippen LogP contribution in [0.3, 0.4) is 0 Å². The third-order valence-corrected chi connectivity index (χ3v) is 4.59. The van der Waals surface area contributed by atoms with Gasteiger partial charge in [-0.2, -0.15) is 0 Å². The molecule has 2 heterocycles. The number of ether oxygens (including phenoxy) is 1. The van der Waals surface area contributed by atoms with Crippen molar-refractivity contribution < 1.29 is 9.15 Å². The Morgan fingerprint density at radius 3 is 2.75 bits per heavy atom. The Morgan fingerprint density at radius 1 is 1.29 bits per heavy atom. The van der Waals surface area contributed by atoms with Gasteiger partial charge in [0.1, 0.15) is 17.9 Å². The van der Waals surface area contributed by atoms with Crippen molar-refractivity contribution >= 4 is 5.82 Å². The molecule has 6 heteroatoms. The molecule has 0 radical (unpaired) electrons. The van der Waals surface area contributed by atoms with Gasteiger partial charge in [0.15, 0.2) is 6.39 Å². The Bertz CT molecular complexity index is 653. The minimum atomic E-state index is 0.429. The van der Waals surface area contributed by atoms with Crippen molar-refractivity contribution in [2.24, 2.45) is 5.41 Å². The van der Waals surface area contributed by atoms with E-state index in [0.29, 0.717) is 18.6 Å². The first kappa shape index (κ1) is 16.9. The van der Waals surface area contributed by atoms with E-state index in [-0.39, 0.29) is 0 Å². The van der Waals surface area contributed by atoms with Crippen LogP contribution in [0, 0.1) is 12.3 Å².